The van der Waals surface area contributed by atoms with E-state index in [1.807, 2.05) is 6.07 Å². The molecular weight excluding hydrogens is 400 g/mol. The predicted octanol–water partition coefficient (Wildman–Crippen LogP) is 2.86. The molecule has 1 N–H and O–H groups in total. The lowest BCUT2D eigenvalue weighted by molar-refractivity contribution is -0.123. The highest BCUT2D eigenvalue weighted by molar-refractivity contribution is 7.19. The van der Waals surface area contributed by atoms with Crippen LogP contribution in [-0.2, 0) is 22.7 Å². The SMILES string of the molecule is COCc1cc2c(C(C)C)nn(CC(=O)NC3CCCN(C4CCC4)C3)c(=O)c2s1. The van der Waals surface area contributed by atoms with Crippen molar-refractivity contribution in [3.8, 4) is 0 Å². The molecule has 1 saturated heterocycles. The highest BCUT2D eigenvalue weighted by Gasteiger charge is 2.30. The number of amides is 1. The highest BCUT2D eigenvalue weighted by Crippen LogP contribution is 2.29. The topological polar surface area (TPSA) is 76.5 Å². The zero-order chi connectivity index (χ0) is 21.3. The monoisotopic (exact) mass is 432 g/mol. The van der Waals surface area contributed by atoms with Crippen LogP contribution in [0.5, 0.6) is 0 Å². The molecule has 0 spiro atoms. The highest BCUT2D eigenvalue weighted by atomic mass is 32.1. The summed E-state index contributed by atoms with van der Waals surface area (Å²) in [6.45, 7) is 6.60. The van der Waals surface area contributed by atoms with E-state index < -0.39 is 0 Å². The molecule has 30 heavy (non-hydrogen) atoms. The number of fused-ring (bicyclic) bond motifs is 1. The van der Waals surface area contributed by atoms with E-state index in [9.17, 15) is 9.59 Å². The first-order valence-electron chi connectivity index (χ1n) is 11.0. The van der Waals surface area contributed by atoms with Gasteiger partial charge in [-0.1, -0.05) is 20.3 Å². The van der Waals surface area contributed by atoms with Crippen LogP contribution in [0, 0.1) is 0 Å². The molecule has 2 aromatic heterocycles. The second-order valence-electron chi connectivity index (χ2n) is 8.88. The van der Waals surface area contributed by atoms with Crippen LogP contribution in [0.3, 0.4) is 0 Å². The van der Waals surface area contributed by atoms with E-state index in [2.05, 4.69) is 29.2 Å². The molecule has 2 aliphatic rings. The number of piperidine rings is 1. The number of carbonyl (C=O) groups excluding carboxylic acids is 1. The van der Waals surface area contributed by atoms with Crippen LogP contribution in [-0.4, -0.2) is 52.9 Å². The van der Waals surface area contributed by atoms with E-state index >= 15 is 0 Å². The van der Waals surface area contributed by atoms with Crippen LogP contribution >= 0.6 is 11.3 Å². The molecule has 1 aliphatic heterocycles. The van der Waals surface area contributed by atoms with Crippen LogP contribution in [0.1, 0.15) is 62.4 Å². The number of rotatable bonds is 7. The van der Waals surface area contributed by atoms with Gasteiger partial charge in [0.2, 0.25) is 5.91 Å². The zero-order valence-corrected chi connectivity index (χ0v) is 19.0. The summed E-state index contributed by atoms with van der Waals surface area (Å²) in [5.74, 6) is 0.0228. The Morgan fingerprint density at radius 2 is 2.13 bits per heavy atom. The lowest BCUT2D eigenvalue weighted by Crippen LogP contribution is -2.53. The maximum atomic E-state index is 13.0. The van der Waals surface area contributed by atoms with Crippen LogP contribution in [0.2, 0.25) is 0 Å². The second-order valence-corrected chi connectivity index (χ2v) is 10.0. The summed E-state index contributed by atoms with van der Waals surface area (Å²) in [4.78, 5) is 29.3. The van der Waals surface area contributed by atoms with Gasteiger partial charge in [-0.05, 0) is 44.2 Å². The third-order valence-corrected chi connectivity index (χ3v) is 7.35. The van der Waals surface area contributed by atoms with Crippen molar-refractivity contribution in [1.82, 2.24) is 20.0 Å². The minimum Gasteiger partial charge on any atom is -0.379 e. The number of nitrogens with one attached hydrogen (secondary N) is 1. The first-order valence-corrected chi connectivity index (χ1v) is 11.8. The average Bonchev–Trinajstić information content (AvgIpc) is 3.07. The largest absolute Gasteiger partial charge is 0.379 e. The Hall–Kier alpha value is -1.77. The van der Waals surface area contributed by atoms with Gasteiger partial charge in [0, 0.05) is 36.0 Å². The molecule has 2 aromatic rings. The van der Waals surface area contributed by atoms with Crippen molar-refractivity contribution >= 4 is 27.3 Å². The molecule has 1 amide bonds. The van der Waals surface area contributed by atoms with E-state index in [0.29, 0.717) is 17.3 Å². The fourth-order valence-electron chi connectivity index (χ4n) is 4.50. The Labute approximate surface area is 181 Å². The quantitative estimate of drug-likeness (QED) is 0.728. The minimum atomic E-state index is -0.198. The minimum absolute atomic E-state index is 0.0358. The van der Waals surface area contributed by atoms with Crippen molar-refractivity contribution in [1.29, 1.82) is 0 Å². The normalized spacial score (nSPS) is 20.6. The van der Waals surface area contributed by atoms with Gasteiger partial charge in [-0.15, -0.1) is 11.3 Å². The first kappa shape index (κ1) is 21.5. The number of methoxy groups -OCH3 is 1. The number of nitrogens with zero attached hydrogens (tertiary/aromatic N) is 3. The van der Waals surface area contributed by atoms with Gasteiger partial charge in [-0.3, -0.25) is 14.5 Å². The summed E-state index contributed by atoms with van der Waals surface area (Å²) in [6, 6.07) is 2.85. The van der Waals surface area contributed by atoms with Crippen LogP contribution in [0.25, 0.3) is 10.1 Å². The summed E-state index contributed by atoms with van der Waals surface area (Å²) < 4.78 is 7.22. The average molecular weight is 433 g/mol. The standard InChI is InChI=1S/C22H32N4O3S/c1-14(2)20-18-10-17(13-29-3)30-21(18)22(28)26(24-20)12-19(27)23-15-6-5-9-25(11-15)16-7-4-8-16/h10,14-16H,4-9,11-13H2,1-3H3,(H,23,27). The van der Waals surface area contributed by atoms with Crippen LogP contribution < -0.4 is 10.9 Å². The summed E-state index contributed by atoms with van der Waals surface area (Å²) in [5, 5.41) is 8.61. The molecule has 1 saturated carbocycles. The number of aromatic nitrogens is 2. The van der Waals surface area contributed by atoms with Gasteiger partial charge in [0.05, 0.1) is 12.3 Å². The lowest BCUT2D eigenvalue weighted by Gasteiger charge is -2.42. The van der Waals surface area contributed by atoms with Crippen molar-refractivity contribution in [3.63, 3.8) is 0 Å². The molecule has 0 radical (unpaired) electrons. The summed E-state index contributed by atoms with van der Waals surface area (Å²) in [7, 11) is 1.64. The van der Waals surface area contributed by atoms with Crippen LogP contribution in [0.15, 0.2) is 10.9 Å². The maximum Gasteiger partial charge on any atom is 0.285 e. The van der Waals surface area contributed by atoms with Gasteiger partial charge in [0.15, 0.2) is 0 Å². The van der Waals surface area contributed by atoms with E-state index in [1.165, 1.54) is 35.3 Å². The maximum absolute atomic E-state index is 13.0. The number of likely N-dealkylation sites (tertiary alicyclic amines) is 1. The molecule has 3 heterocycles. The number of hydrogen-bond acceptors (Lipinski definition) is 6. The predicted molar refractivity (Wildman–Crippen MR) is 119 cm³/mol. The van der Waals surface area contributed by atoms with E-state index in [-0.39, 0.29) is 30.0 Å². The Morgan fingerprint density at radius 3 is 2.80 bits per heavy atom. The smallest absolute Gasteiger partial charge is 0.285 e. The molecule has 2 fully saturated rings. The van der Waals surface area contributed by atoms with E-state index in [1.54, 1.807) is 7.11 Å². The Balaban J connectivity index is 1.50. The molecule has 8 heteroatoms. The first-order chi connectivity index (χ1) is 14.5. The van der Waals surface area contributed by atoms with Gasteiger partial charge in [0.1, 0.15) is 11.2 Å². The molecule has 164 valence electrons. The molecule has 1 unspecified atom stereocenters. The Bertz CT molecular complexity index is 963. The number of carbonyl (C=O) groups is 1. The Morgan fingerprint density at radius 1 is 1.33 bits per heavy atom. The third-order valence-electron chi connectivity index (χ3n) is 6.25. The molecule has 1 atom stereocenters. The van der Waals surface area contributed by atoms with Crippen molar-refractivity contribution in [3.05, 3.63) is 27.0 Å². The van der Waals surface area contributed by atoms with E-state index in [0.717, 1.165) is 41.9 Å². The number of hydrogen-bond donors (Lipinski definition) is 1. The molecule has 0 aromatic carbocycles. The third kappa shape index (κ3) is 4.45. The number of thiophene rings is 1. The molecule has 1 aliphatic carbocycles. The van der Waals surface area contributed by atoms with Gasteiger partial charge in [-0.2, -0.15) is 5.10 Å². The Kier molecular flexibility index (Phi) is 6.55. The van der Waals surface area contributed by atoms with Crippen molar-refractivity contribution in [2.45, 2.75) is 77.1 Å². The lowest BCUT2D eigenvalue weighted by atomic mass is 9.89. The summed E-state index contributed by atoms with van der Waals surface area (Å²) >= 11 is 1.43. The molecule has 0 bridgehead atoms. The molecule has 4 rings (SSSR count). The van der Waals surface area contributed by atoms with E-state index in [4.69, 9.17) is 4.74 Å². The van der Waals surface area contributed by atoms with Gasteiger partial charge >= 0.3 is 0 Å². The van der Waals surface area contributed by atoms with Gasteiger partial charge in [0.25, 0.3) is 5.56 Å². The summed E-state index contributed by atoms with van der Waals surface area (Å²) in [5.41, 5.74) is 0.654. The second kappa shape index (κ2) is 9.16. The van der Waals surface area contributed by atoms with Gasteiger partial charge in [-0.25, -0.2) is 4.68 Å². The fourth-order valence-corrected chi connectivity index (χ4v) is 5.58. The summed E-state index contributed by atoms with van der Waals surface area (Å²) in [6.07, 6.45) is 6.00. The van der Waals surface area contributed by atoms with Crippen molar-refractivity contribution in [2.75, 3.05) is 20.2 Å². The van der Waals surface area contributed by atoms with Gasteiger partial charge < -0.3 is 10.1 Å². The fraction of sp³-hybridized carbons (Fsp3) is 0.682. The van der Waals surface area contributed by atoms with Crippen molar-refractivity contribution < 1.29 is 9.53 Å². The van der Waals surface area contributed by atoms with Crippen LogP contribution in [0.4, 0.5) is 0 Å². The molecular formula is C22H32N4O3S. The zero-order valence-electron chi connectivity index (χ0n) is 18.1. The number of ether oxygens (including phenoxy) is 1. The molecule has 7 nitrogen and oxygen atoms in total. The van der Waals surface area contributed by atoms with Crippen molar-refractivity contribution in [2.24, 2.45) is 0 Å².